The molecule has 2 aromatic rings. The van der Waals surface area contributed by atoms with Crippen molar-refractivity contribution in [2.75, 3.05) is 0 Å². The molecule has 0 unspecified atom stereocenters. The van der Waals surface area contributed by atoms with E-state index in [1.54, 1.807) is 0 Å². The van der Waals surface area contributed by atoms with Crippen LogP contribution in [-0.2, 0) is 19.4 Å². The summed E-state index contributed by atoms with van der Waals surface area (Å²) in [7, 11) is 0. The van der Waals surface area contributed by atoms with E-state index >= 15 is 0 Å². The van der Waals surface area contributed by atoms with E-state index in [1.807, 2.05) is 12.4 Å². The minimum Gasteiger partial charge on any atom is -0.326 e. The van der Waals surface area contributed by atoms with Crippen LogP contribution in [0, 0.1) is 0 Å². The van der Waals surface area contributed by atoms with Crippen molar-refractivity contribution >= 4 is 0 Å². The number of nitrogens with zero attached hydrogens (tertiary/aromatic N) is 1. The second-order valence-corrected chi connectivity index (χ2v) is 4.48. The Hall–Kier alpha value is -1.67. The summed E-state index contributed by atoms with van der Waals surface area (Å²) in [4.78, 5) is 4.25. The standard InChI is InChI=1S/C16H20N2/c1-3-13-5-6-15(8-14(13)4-2)16-7-12(9-17)10-18-11-16/h5-8,10-11H,3-4,9,17H2,1-2H3. The third-order valence-corrected chi connectivity index (χ3v) is 3.33. The Morgan fingerprint density at radius 2 is 1.72 bits per heavy atom. The number of aryl methyl sites for hydroxylation is 2. The Bertz CT molecular complexity index is 532. The molecule has 0 radical (unpaired) electrons. The molecule has 0 amide bonds. The lowest BCUT2D eigenvalue weighted by atomic mass is 9.97. The lowest BCUT2D eigenvalue weighted by Crippen LogP contribution is -1.97. The number of rotatable bonds is 4. The topological polar surface area (TPSA) is 38.9 Å². The van der Waals surface area contributed by atoms with Gasteiger partial charge < -0.3 is 5.73 Å². The Morgan fingerprint density at radius 3 is 2.39 bits per heavy atom. The molecule has 94 valence electrons. The molecular weight excluding hydrogens is 220 g/mol. The third-order valence-electron chi connectivity index (χ3n) is 3.33. The minimum absolute atomic E-state index is 0.536. The van der Waals surface area contributed by atoms with Gasteiger partial charge in [-0.05, 0) is 41.2 Å². The monoisotopic (exact) mass is 240 g/mol. The van der Waals surface area contributed by atoms with Crippen LogP contribution < -0.4 is 5.73 Å². The summed E-state index contributed by atoms with van der Waals surface area (Å²) in [6, 6.07) is 8.79. The number of hydrogen-bond donors (Lipinski definition) is 1. The quantitative estimate of drug-likeness (QED) is 0.890. The minimum atomic E-state index is 0.536. The van der Waals surface area contributed by atoms with Gasteiger partial charge in [-0.1, -0.05) is 32.0 Å². The highest BCUT2D eigenvalue weighted by atomic mass is 14.6. The van der Waals surface area contributed by atoms with Crippen molar-refractivity contribution in [3.63, 3.8) is 0 Å². The van der Waals surface area contributed by atoms with E-state index in [0.29, 0.717) is 6.54 Å². The molecule has 2 N–H and O–H groups in total. The second kappa shape index (κ2) is 5.78. The molecule has 0 saturated carbocycles. The lowest BCUT2D eigenvalue weighted by molar-refractivity contribution is 1.03. The number of pyridine rings is 1. The summed E-state index contributed by atoms with van der Waals surface area (Å²) in [6.07, 6.45) is 5.88. The molecule has 1 aromatic carbocycles. The first-order valence-corrected chi connectivity index (χ1v) is 6.54. The highest BCUT2D eigenvalue weighted by molar-refractivity contribution is 5.64. The molecule has 0 aliphatic rings. The summed E-state index contributed by atoms with van der Waals surface area (Å²) in [5, 5.41) is 0. The predicted octanol–water partition coefficient (Wildman–Crippen LogP) is 3.33. The fourth-order valence-corrected chi connectivity index (χ4v) is 2.24. The second-order valence-electron chi connectivity index (χ2n) is 4.48. The van der Waals surface area contributed by atoms with Crippen molar-refractivity contribution in [3.8, 4) is 11.1 Å². The maximum atomic E-state index is 5.66. The average molecular weight is 240 g/mol. The van der Waals surface area contributed by atoms with Crippen LogP contribution in [0.2, 0.25) is 0 Å². The molecule has 0 aliphatic heterocycles. The number of benzene rings is 1. The van der Waals surface area contributed by atoms with Gasteiger partial charge in [-0.3, -0.25) is 4.98 Å². The number of hydrogen-bond acceptors (Lipinski definition) is 2. The van der Waals surface area contributed by atoms with Gasteiger partial charge in [-0.15, -0.1) is 0 Å². The van der Waals surface area contributed by atoms with E-state index in [1.165, 1.54) is 16.7 Å². The molecule has 18 heavy (non-hydrogen) atoms. The fourth-order valence-electron chi connectivity index (χ4n) is 2.24. The van der Waals surface area contributed by atoms with Gasteiger partial charge in [0.15, 0.2) is 0 Å². The molecule has 2 rings (SSSR count). The fraction of sp³-hybridized carbons (Fsp3) is 0.312. The van der Waals surface area contributed by atoms with Gasteiger partial charge in [0.25, 0.3) is 0 Å². The first-order chi connectivity index (χ1) is 8.78. The molecule has 0 atom stereocenters. The number of nitrogens with two attached hydrogens (primary N) is 1. The summed E-state index contributed by atoms with van der Waals surface area (Å²) < 4.78 is 0. The van der Waals surface area contributed by atoms with Gasteiger partial charge in [-0.2, -0.15) is 0 Å². The summed E-state index contributed by atoms with van der Waals surface area (Å²) in [6.45, 7) is 4.94. The zero-order valence-corrected chi connectivity index (χ0v) is 11.1. The Kier molecular flexibility index (Phi) is 4.11. The Morgan fingerprint density at radius 1 is 0.944 bits per heavy atom. The SMILES string of the molecule is CCc1ccc(-c2cncc(CN)c2)cc1CC. The highest BCUT2D eigenvalue weighted by Crippen LogP contribution is 2.23. The molecule has 2 heteroatoms. The molecule has 1 heterocycles. The Balaban J connectivity index is 2.43. The van der Waals surface area contributed by atoms with Gasteiger partial charge in [-0.25, -0.2) is 0 Å². The smallest absolute Gasteiger partial charge is 0.0346 e. The van der Waals surface area contributed by atoms with Crippen molar-refractivity contribution in [1.29, 1.82) is 0 Å². The molecule has 0 saturated heterocycles. The van der Waals surface area contributed by atoms with E-state index in [4.69, 9.17) is 5.73 Å². The van der Waals surface area contributed by atoms with Crippen LogP contribution in [-0.4, -0.2) is 4.98 Å². The van der Waals surface area contributed by atoms with Gasteiger partial charge in [0.1, 0.15) is 0 Å². The summed E-state index contributed by atoms with van der Waals surface area (Å²) in [5.41, 5.74) is 12.0. The largest absolute Gasteiger partial charge is 0.326 e. The van der Waals surface area contributed by atoms with Crippen molar-refractivity contribution in [1.82, 2.24) is 4.98 Å². The van der Waals surface area contributed by atoms with Crippen LogP contribution in [0.4, 0.5) is 0 Å². The molecule has 2 nitrogen and oxygen atoms in total. The highest BCUT2D eigenvalue weighted by Gasteiger charge is 2.04. The first-order valence-electron chi connectivity index (χ1n) is 6.54. The van der Waals surface area contributed by atoms with Crippen molar-refractivity contribution in [3.05, 3.63) is 53.3 Å². The maximum absolute atomic E-state index is 5.66. The molecule has 0 bridgehead atoms. The maximum Gasteiger partial charge on any atom is 0.0346 e. The van der Waals surface area contributed by atoms with Gasteiger partial charge >= 0.3 is 0 Å². The number of aromatic nitrogens is 1. The molecule has 0 aliphatic carbocycles. The van der Waals surface area contributed by atoms with Gasteiger partial charge in [0, 0.05) is 24.5 Å². The molecule has 1 aromatic heterocycles. The van der Waals surface area contributed by atoms with E-state index in [2.05, 4.69) is 43.1 Å². The lowest BCUT2D eigenvalue weighted by Gasteiger charge is -2.09. The van der Waals surface area contributed by atoms with Crippen LogP contribution in [0.25, 0.3) is 11.1 Å². The predicted molar refractivity (Wildman–Crippen MR) is 76.3 cm³/mol. The summed E-state index contributed by atoms with van der Waals surface area (Å²) >= 11 is 0. The third kappa shape index (κ3) is 2.59. The van der Waals surface area contributed by atoms with Crippen LogP contribution in [0.1, 0.15) is 30.5 Å². The van der Waals surface area contributed by atoms with E-state index in [-0.39, 0.29) is 0 Å². The van der Waals surface area contributed by atoms with Crippen LogP contribution >= 0.6 is 0 Å². The van der Waals surface area contributed by atoms with Gasteiger partial charge in [0.2, 0.25) is 0 Å². The van der Waals surface area contributed by atoms with Crippen LogP contribution in [0.3, 0.4) is 0 Å². The van der Waals surface area contributed by atoms with E-state index in [0.717, 1.165) is 24.0 Å². The Labute approximate surface area is 109 Å². The van der Waals surface area contributed by atoms with Crippen molar-refractivity contribution < 1.29 is 0 Å². The molecular formula is C16H20N2. The van der Waals surface area contributed by atoms with Crippen LogP contribution in [0.5, 0.6) is 0 Å². The van der Waals surface area contributed by atoms with Crippen molar-refractivity contribution in [2.24, 2.45) is 5.73 Å². The van der Waals surface area contributed by atoms with E-state index in [9.17, 15) is 0 Å². The van der Waals surface area contributed by atoms with Crippen molar-refractivity contribution in [2.45, 2.75) is 33.2 Å². The zero-order chi connectivity index (χ0) is 13.0. The molecule has 0 spiro atoms. The first kappa shape index (κ1) is 12.8. The van der Waals surface area contributed by atoms with Gasteiger partial charge in [0.05, 0.1) is 0 Å². The average Bonchev–Trinajstić information content (AvgIpc) is 2.46. The summed E-state index contributed by atoms with van der Waals surface area (Å²) in [5.74, 6) is 0. The molecule has 0 fully saturated rings. The normalized spacial score (nSPS) is 10.6. The zero-order valence-electron chi connectivity index (χ0n) is 11.1. The van der Waals surface area contributed by atoms with Crippen LogP contribution in [0.15, 0.2) is 36.7 Å². The van der Waals surface area contributed by atoms with E-state index < -0.39 is 0 Å².